The van der Waals surface area contributed by atoms with Crippen LogP contribution in [-0.2, 0) is 9.84 Å². The Bertz CT molecular complexity index is 1480. The molecule has 0 unspecified atom stereocenters. The molecule has 0 radical (unpaired) electrons. The van der Waals surface area contributed by atoms with E-state index in [0.29, 0.717) is 10.7 Å². The highest BCUT2D eigenvalue weighted by molar-refractivity contribution is 7.90. The number of hydrogen-bond acceptors (Lipinski definition) is 4. The van der Waals surface area contributed by atoms with E-state index in [1.165, 1.54) is 6.26 Å². The van der Waals surface area contributed by atoms with Crippen LogP contribution >= 0.6 is 11.6 Å². The summed E-state index contributed by atoms with van der Waals surface area (Å²) in [5.41, 5.74) is 7.77. The predicted octanol–water partition coefficient (Wildman–Crippen LogP) is 7.17. The fraction of sp³-hybridized carbons (Fsp3) is 0.107. The lowest BCUT2D eigenvalue weighted by atomic mass is 9.95. The molecule has 172 valence electrons. The molecule has 0 aliphatic carbocycles. The van der Waals surface area contributed by atoms with E-state index in [1.807, 2.05) is 62.4 Å². The van der Waals surface area contributed by atoms with Crippen molar-refractivity contribution >= 4 is 32.8 Å². The standard InChI is InChI=1S/C28H25ClN2O2S/c1-18-13-19(2)15-21(14-18)25-17-23(34(4,32)33)9-10-24(25)20(3)31-22-8-11-27(29)26(16-22)28-7-5-6-12-30-28/h5-17,31H,3H2,1-2,4H3. The SMILES string of the molecule is C=C(Nc1ccc(Cl)c(-c2ccccn2)c1)c1ccc(S(C)(=O)=O)cc1-c1cc(C)cc(C)c1. The van der Waals surface area contributed by atoms with Gasteiger partial charge in [-0.2, -0.15) is 0 Å². The Hall–Kier alpha value is -3.41. The number of rotatable bonds is 6. The van der Waals surface area contributed by atoms with Gasteiger partial charge in [-0.15, -0.1) is 0 Å². The first-order valence-electron chi connectivity index (χ1n) is 10.7. The van der Waals surface area contributed by atoms with Crippen LogP contribution in [0, 0.1) is 13.8 Å². The van der Waals surface area contributed by atoms with Crippen LogP contribution in [0.5, 0.6) is 0 Å². The van der Waals surface area contributed by atoms with Crippen LogP contribution in [0.3, 0.4) is 0 Å². The lowest BCUT2D eigenvalue weighted by molar-refractivity contribution is 0.602. The van der Waals surface area contributed by atoms with Crippen molar-refractivity contribution in [1.82, 2.24) is 4.98 Å². The average Bonchev–Trinajstić information content (AvgIpc) is 2.79. The molecule has 0 aliphatic rings. The molecule has 0 bridgehead atoms. The number of benzene rings is 3. The van der Waals surface area contributed by atoms with E-state index in [1.54, 1.807) is 24.4 Å². The molecular formula is C28H25ClN2O2S. The summed E-state index contributed by atoms with van der Waals surface area (Å²) >= 11 is 6.43. The maximum atomic E-state index is 12.3. The Labute approximate surface area is 205 Å². The molecule has 4 rings (SSSR count). The zero-order valence-electron chi connectivity index (χ0n) is 19.3. The molecule has 0 saturated heterocycles. The minimum absolute atomic E-state index is 0.266. The lowest BCUT2D eigenvalue weighted by Gasteiger charge is -2.17. The third kappa shape index (κ3) is 5.22. The van der Waals surface area contributed by atoms with Gasteiger partial charge < -0.3 is 5.32 Å². The summed E-state index contributed by atoms with van der Waals surface area (Å²) in [7, 11) is -3.37. The van der Waals surface area contributed by atoms with Crippen molar-refractivity contribution < 1.29 is 8.42 Å². The Kier molecular flexibility index (Phi) is 6.60. The minimum atomic E-state index is -3.37. The Morgan fingerprint density at radius 2 is 1.65 bits per heavy atom. The molecule has 0 aliphatic heterocycles. The minimum Gasteiger partial charge on any atom is -0.355 e. The molecule has 0 saturated carbocycles. The number of pyridine rings is 1. The van der Waals surface area contributed by atoms with Crippen molar-refractivity contribution in [1.29, 1.82) is 0 Å². The average molecular weight is 489 g/mol. The van der Waals surface area contributed by atoms with Gasteiger partial charge in [0.05, 0.1) is 15.6 Å². The summed E-state index contributed by atoms with van der Waals surface area (Å²) in [5, 5.41) is 3.96. The number of nitrogens with one attached hydrogen (secondary N) is 1. The summed E-state index contributed by atoms with van der Waals surface area (Å²) in [4.78, 5) is 4.67. The molecule has 34 heavy (non-hydrogen) atoms. The summed E-state index contributed by atoms with van der Waals surface area (Å²) in [6.45, 7) is 8.31. The molecule has 1 N–H and O–H groups in total. The molecule has 4 nitrogen and oxygen atoms in total. The van der Waals surface area contributed by atoms with Gasteiger partial charge in [0.25, 0.3) is 0 Å². The molecule has 0 fully saturated rings. The van der Waals surface area contributed by atoms with Crippen LogP contribution in [0.1, 0.15) is 16.7 Å². The van der Waals surface area contributed by atoms with E-state index in [0.717, 1.165) is 44.8 Å². The molecule has 6 heteroatoms. The molecule has 0 atom stereocenters. The fourth-order valence-corrected chi connectivity index (χ4v) is 4.81. The number of aryl methyl sites for hydroxylation is 2. The van der Waals surface area contributed by atoms with Crippen molar-refractivity contribution in [2.45, 2.75) is 18.7 Å². The summed E-state index contributed by atoms with van der Waals surface area (Å²) in [6, 6.07) is 22.6. The largest absolute Gasteiger partial charge is 0.355 e. The molecule has 0 spiro atoms. The van der Waals surface area contributed by atoms with Gasteiger partial charge in [0, 0.05) is 35.0 Å². The maximum Gasteiger partial charge on any atom is 0.175 e. The summed E-state index contributed by atoms with van der Waals surface area (Å²) in [5.74, 6) is 0. The Morgan fingerprint density at radius 3 is 2.29 bits per heavy atom. The molecule has 1 heterocycles. The van der Waals surface area contributed by atoms with Crippen molar-refractivity contribution in [2.75, 3.05) is 11.6 Å². The third-order valence-corrected chi connectivity index (χ3v) is 6.92. The van der Waals surface area contributed by atoms with Gasteiger partial charge in [0.2, 0.25) is 0 Å². The monoisotopic (exact) mass is 488 g/mol. The highest BCUT2D eigenvalue weighted by Gasteiger charge is 2.16. The van der Waals surface area contributed by atoms with E-state index in [9.17, 15) is 8.42 Å². The van der Waals surface area contributed by atoms with Crippen molar-refractivity contribution in [3.05, 3.63) is 107 Å². The van der Waals surface area contributed by atoms with Crippen molar-refractivity contribution in [3.63, 3.8) is 0 Å². The molecule has 0 amide bonds. The molecule has 1 aromatic heterocycles. The van der Waals surface area contributed by atoms with Gasteiger partial charge in [-0.3, -0.25) is 4.98 Å². The third-order valence-electron chi connectivity index (χ3n) is 5.48. The highest BCUT2D eigenvalue weighted by Crippen LogP contribution is 2.34. The quantitative estimate of drug-likeness (QED) is 0.312. The first kappa shape index (κ1) is 23.7. The fourth-order valence-electron chi connectivity index (χ4n) is 3.95. The van der Waals surface area contributed by atoms with Gasteiger partial charge in [0.1, 0.15) is 0 Å². The van der Waals surface area contributed by atoms with E-state index in [-0.39, 0.29) is 4.90 Å². The number of anilines is 1. The zero-order chi connectivity index (χ0) is 24.5. The van der Waals surface area contributed by atoms with Crippen LogP contribution in [0.2, 0.25) is 5.02 Å². The van der Waals surface area contributed by atoms with Gasteiger partial charge in [-0.05, 0) is 67.4 Å². The van der Waals surface area contributed by atoms with Crippen molar-refractivity contribution in [2.24, 2.45) is 0 Å². The summed E-state index contributed by atoms with van der Waals surface area (Å²) < 4.78 is 24.5. The van der Waals surface area contributed by atoms with Crippen LogP contribution < -0.4 is 5.32 Å². The van der Waals surface area contributed by atoms with E-state index in [2.05, 4.69) is 22.9 Å². The topological polar surface area (TPSA) is 59.1 Å². The number of hydrogen-bond donors (Lipinski definition) is 1. The van der Waals surface area contributed by atoms with E-state index >= 15 is 0 Å². The van der Waals surface area contributed by atoms with Gasteiger partial charge in [0.15, 0.2) is 9.84 Å². The van der Waals surface area contributed by atoms with E-state index < -0.39 is 9.84 Å². The number of nitrogens with zero attached hydrogens (tertiary/aromatic N) is 1. The second-order valence-corrected chi connectivity index (χ2v) is 10.8. The van der Waals surface area contributed by atoms with Gasteiger partial charge in [-0.1, -0.05) is 59.6 Å². The number of aromatic nitrogens is 1. The second-order valence-electron chi connectivity index (χ2n) is 8.37. The zero-order valence-corrected chi connectivity index (χ0v) is 20.8. The number of sulfone groups is 1. The van der Waals surface area contributed by atoms with Gasteiger partial charge >= 0.3 is 0 Å². The number of halogens is 1. The molecule has 3 aromatic carbocycles. The first-order valence-corrected chi connectivity index (χ1v) is 13.0. The Morgan fingerprint density at radius 1 is 0.912 bits per heavy atom. The second kappa shape index (κ2) is 9.45. The normalized spacial score (nSPS) is 11.3. The maximum absolute atomic E-state index is 12.3. The van der Waals surface area contributed by atoms with Crippen molar-refractivity contribution in [3.8, 4) is 22.4 Å². The highest BCUT2D eigenvalue weighted by atomic mass is 35.5. The van der Waals surface area contributed by atoms with Gasteiger partial charge in [-0.25, -0.2) is 8.42 Å². The molecular weight excluding hydrogens is 464 g/mol. The smallest absolute Gasteiger partial charge is 0.175 e. The molecule has 4 aromatic rings. The van der Waals surface area contributed by atoms with Crippen LogP contribution in [0.15, 0.2) is 90.5 Å². The van der Waals surface area contributed by atoms with E-state index in [4.69, 9.17) is 11.6 Å². The van der Waals surface area contributed by atoms with Crippen LogP contribution in [0.4, 0.5) is 5.69 Å². The van der Waals surface area contributed by atoms with Crippen LogP contribution in [-0.4, -0.2) is 19.7 Å². The Balaban J connectivity index is 1.77. The van der Waals surface area contributed by atoms with Crippen LogP contribution in [0.25, 0.3) is 28.1 Å². The lowest BCUT2D eigenvalue weighted by Crippen LogP contribution is -2.03. The summed E-state index contributed by atoms with van der Waals surface area (Å²) in [6.07, 6.45) is 2.94. The first-order chi connectivity index (χ1) is 16.1. The predicted molar refractivity (Wildman–Crippen MR) is 142 cm³/mol.